The number of amides is 1. The number of carbonyl (C=O) groups excluding carboxylic acids is 1. The maximum absolute atomic E-state index is 12.3. The van der Waals surface area contributed by atoms with Crippen LogP contribution in [0.4, 0.5) is 8.78 Å². The molecular weight excluding hydrogens is 262 g/mol. The lowest BCUT2D eigenvalue weighted by atomic mass is 10.2. The van der Waals surface area contributed by atoms with E-state index in [9.17, 15) is 13.6 Å². The van der Waals surface area contributed by atoms with Crippen LogP contribution in [0.3, 0.4) is 0 Å². The summed E-state index contributed by atoms with van der Waals surface area (Å²) in [4.78, 5) is 13.9. The average molecular weight is 267 g/mol. The van der Waals surface area contributed by atoms with Crippen LogP contribution in [0.5, 0.6) is 5.75 Å². The highest BCUT2D eigenvalue weighted by Gasteiger charge is 2.19. The molecule has 0 aliphatic carbocycles. The predicted octanol–water partition coefficient (Wildman–Crippen LogP) is 1.59. The van der Waals surface area contributed by atoms with Gasteiger partial charge >= 0.3 is 0 Å². The van der Waals surface area contributed by atoms with Crippen LogP contribution in [0.1, 0.15) is 22.6 Å². The molecule has 1 aromatic rings. The zero-order valence-corrected chi connectivity index (χ0v) is 8.25. The van der Waals surface area contributed by atoms with Crippen molar-refractivity contribution in [2.45, 2.75) is 6.43 Å². The predicted molar refractivity (Wildman–Crippen MR) is 47.1 cm³/mol. The molecule has 76 valence electrons. The van der Waals surface area contributed by atoms with Crippen molar-refractivity contribution >= 4 is 21.8 Å². The average Bonchev–Trinajstić information content (AvgIpc) is 2.08. The quantitative estimate of drug-likeness (QED) is 0.854. The van der Waals surface area contributed by atoms with E-state index >= 15 is 0 Å². The third-order valence-electron chi connectivity index (χ3n) is 1.43. The van der Waals surface area contributed by atoms with E-state index < -0.39 is 23.8 Å². The first-order valence-corrected chi connectivity index (χ1v) is 4.20. The molecule has 0 saturated carbocycles. The van der Waals surface area contributed by atoms with Gasteiger partial charge < -0.3 is 10.8 Å². The zero-order chi connectivity index (χ0) is 10.9. The van der Waals surface area contributed by atoms with Crippen molar-refractivity contribution in [3.8, 4) is 5.75 Å². The lowest BCUT2D eigenvalue weighted by Gasteiger charge is -2.05. The molecule has 0 bridgehead atoms. The first kappa shape index (κ1) is 10.8. The summed E-state index contributed by atoms with van der Waals surface area (Å²) in [6, 6.07) is 1.07. The summed E-state index contributed by atoms with van der Waals surface area (Å²) >= 11 is 2.80. The minimum Gasteiger partial charge on any atom is -0.505 e. The number of primary amides is 1. The van der Waals surface area contributed by atoms with Gasteiger partial charge in [-0.15, -0.1) is 0 Å². The fourth-order valence-electron chi connectivity index (χ4n) is 0.804. The van der Waals surface area contributed by atoms with E-state index in [0.717, 1.165) is 6.07 Å². The summed E-state index contributed by atoms with van der Waals surface area (Å²) < 4.78 is 24.5. The number of rotatable bonds is 2. The maximum atomic E-state index is 12.3. The third kappa shape index (κ3) is 1.98. The largest absolute Gasteiger partial charge is 0.505 e. The number of aromatic hydroxyl groups is 1. The molecule has 4 nitrogen and oxygen atoms in total. The van der Waals surface area contributed by atoms with Gasteiger partial charge in [0.2, 0.25) is 0 Å². The first-order chi connectivity index (χ1) is 6.43. The van der Waals surface area contributed by atoms with Crippen molar-refractivity contribution in [3.05, 3.63) is 21.9 Å². The number of nitrogens with zero attached hydrogens (tertiary/aromatic N) is 1. The van der Waals surface area contributed by atoms with Crippen molar-refractivity contribution in [3.63, 3.8) is 0 Å². The second kappa shape index (κ2) is 3.87. The Morgan fingerprint density at radius 1 is 1.64 bits per heavy atom. The Morgan fingerprint density at radius 2 is 2.21 bits per heavy atom. The van der Waals surface area contributed by atoms with Gasteiger partial charge in [0, 0.05) is 0 Å². The number of pyridine rings is 1. The summed E-state index contributed by atoms with van der Waals surface area (Å²) in [5.41, 5.74) is 3.66. The van der Waals surface area contributed by atoms with E-state index in [1.54, 1.807) is 0 Å². The van der Waals surface area contributed by atoms with Crippen molar-refractivity contribution in [2.24, 2.45) is 5.73 Å². The molecule has 0 spiro atoms. The van der Waals surface area contributed by atoms with Gasteiger partial charge in [-0.25, -0.2) is 13.8 Å². The number of nitrogens with two attached hydrogens (primary N) is 1. The Morgan fingerprint density at radius 3 is 2.64 bits per heavy atom. The van der Waals surface area contributed by atoms with E-state index in [2.05, 4.69) is 20.9 Å². The van der Waals surface area contributed by atoms with E-state index in [1.807, 2.05) is 0 Å². The minimum atomic E-state index is -2.97. The van der Waals surface area contributed by atoms with Crippen LogP contribution in [0.25, 0.3) is 0 Å². The highest BCUT2D eigenvalue weighted by Crippen LogP contribution is 2.33. The molecule has 0 radical (unpaired) electrons. The molecule has 14 heavy (non-hydrogen) atoms. The van der Waals surface area contributed by atoms with E-state index in [1.165, 1.54) is 0 Å². The van der Waals surface area contributed by atoms with E-state index in [4.69, 9.17) is 10.8 Å². The summed E-state index contributed by atoms with van der Waals surface area (Å²) in [6.45, 7) is 0. The molecule has 1 amide bonds. The second-order valence-electron chi connectivity index (χ2n) is 2.39. The van der Waals surface area contributed by atoms with Crippen LogP contribution in [0, 0.1) is 0 Å². The standard InChI is InChI=1S/C7H5BrF2N2O2/c8-2-1-3(7(11)14)12-4(5(2)13)6(9)10/h1,6,13H,(H2,11,14). The Bertz CT molecular complexity index is 384. The van der Waals surface area contributed by atoms with Gasteiger partial charge in [0.1, 0.15) is 11.4 Å². The first-order valence-electron chi connectivity index (χ1n) is 3.41. The van der Waals surface area contributed by atoms with Crippen molar-refractivity contribution in [1.82, 2.24) is 4.98 Å². The number of aromatic nitrogens is 1. The molecule has 7 heteroatoms. The van der Waals surface area contributed by atoms with Gasteiger partial charge in [-0.1, -0.05) is 0 Å². The van der Waals surface area contributed by atoms with Crippen LogP contribution < -0.4 is 5.73 Å². The normalized spacial score (nSPS) is 10.6. The second-order valence-corrected chi connectivity index (χ2v) is 3.24. The fraction of sp³-hybridized carbons (Fsp3) is 0.143. The number of hydrogen-bond donors (Lipinski definition) is 2. The summed E-state index contributed by atoms with van der Waals surface area (Å²) in [5.74, 6) is -1.63. The summed E-state index contributed by atoms with van der Waals surface area (Å²) in [7, 11) is 0. The maximum Gasteiger partial charge on any atom is 0.284 e. The fourth-order valence-corrected chi connectivity index (χ4v) is 1.22. The van der Waals surface area contributed by atoms with Crippen LogP contribution in [0.2, 0.25) is 0 Å². The van der Waals surface area contributed by atoms with Gasteiger partial charge in [0.05, 0.1) is 4.47 Å². The monoisotopic (exact) mass is 266 g/mol. The summed E-state index contributed by atoms with van der Waals surface area (Å²) in [5, 5.41) is 9.13. The Balaban J connectivity index is 3.35. The van der Waals surface area contributed by atoms with Gasteiger partial charge in [0.25, 0.3) is 12.3 Å². The van der Waals surface area contributed by atoms with Gasteiger partial charge in [-0.2, -0.15) is 0 Å². The summed E-state index contributed by atoms with van der Waals surface area (Å²) in [6.07, 6.45) is -2.97. The molecule has 0 aliphatic heterocycles. The molecule has 1 rings (SSSR count). The van der Waals surface area contributed by atoms with Crippen LogP contribution in [-0.4, -0.2) is 16.0 Å². The topological polar surface area (TPSA) is 76.2 Å². The highest BCUT2D eigenvalue weighted by molar-refractivity contribution is 9.10. The van der Waals surface area contributed by atoms with E-state index in [-0.39, 0.29) is 10.2 Å². The Hall–Kier alpha value is -1.24. The highest BCUT2D eigenvalue weighted by atomic mass is 79.9. The molecule has 1 aromatic heterocycles. The minimum absolute atomic E-state index is 0.0448. The molecular formula is C7H5BrF2N2O2. The van der Waals surface area contributed by atoms with Gasteiger partial charge in [-0.05, 0) is 22.0 Å². The lowest BCUT2D eigenvalue weighted by molar-refractivity contribution is 0.0993. The number of carbonyl (C=O) groups is 1. The van der Waals surface area contributed by atoms with Crippen LogP contribution >= 0.6 is 15.9 Å². The molecule has 0 fully saturated rings. The smallest absolute Gasteiger partial charge is 0.284 e. The van der Waals surface area contributed by atoms with Crippen molar-refractivity contribution in [2.75, 3.05) is 0 Å². The van der Waals surface area contributed by atoms with Crippen LogP contribution in [0.15, 0.2) is 10.5 Å². The molecule has 0 atom stereocenters. The van der Waals surface area contributed by atoms with E-state index in [0.29, 0.717) is 0 Å². The number of hydrogen-bond acceptors (Lipinski definition) is 3. The number of halogens is 3. The zero-order valence-electron chi connectivity index (χ0n) is 6.67. The van der Waals surface area contributed by atoms with Gasteiger partial charge in [0.15, 0.2) is 5.75 Å². The lowest BCUT2D eigenvalue weighted by Crippen LogP contribution is -2.14. The Labute approximate surface area is 85.9 Å². The molecule has 3 N–H and O–H groups in total. The molecule has 1 heterocycles. The molecule has 0 saturated heterocycles. The third-order valence-corrected chi connectivity index (χ3v) is 2.04. The Kier molecular flexibility index (Phi) is 3.00. The SMILES string of the molecule is NC(=O)c1cc(Br)c(O)c(C(F)F)n1. The molecule has 0 aliphatic rings. The molecule has 0 aromatic carbocycles. The van der Waals surface area contributed by atoms with Crippen LogP contribution in [-0.2, 0) is 0 Å². The van der Waals surface area contributed by atoms with Gasteiger partial charge in [-0.3, -0.25) is 4.79 Å². The van der Waals surface area contributed by atoms with Crippen molar-refractivity contribution in [1.29, 1.82) is 0 Å². The van der Waals surface area contributed by atoms with Crippen molar-refractivity contribution < 1.29 is 18.7 Å². The molecule has 0 unspecified atom stereocenters. The number of alkyl halides is 2.